The van der Waals surface area contributed by atoms with Crippen molar-refractivity contribution in [3.63, 3.8) is 0 Å². The lowest BCUT2D eigenvalue weighted by molar-refractivity contribution is -0.153. The number of nitrogens with zero attached hydrogens (tertiary/aromatic N) is 1. The number of hydrogen-bond acceptors (Lipinski definition) is 11. The number of benzene rings is 2. The lowest BCUT2D eigenvalue weighted by Crippen LogP contribution is -2.65. The van der Waals surface area contributed by atoms with Gasteiger partial charge in [-0.3, -0.25) is 24.1 Å². The second-order valence-electron chi connectivity index (χ2n) is 11.0. The maximum atomic E-state index is 14.0. The molecule has 0 heterocycles. The Bertz CT molecular complexity index is 1670. The van der Waals surface area contributed by atoms with E-state index in [2.05, 4.69) is 10.1 Å². The molecule has 2 amide bonds. The van der Waals surface area contributed by atoms with Crippen LogP contribution in [-0.4, -0.2) is 87.5 Å². The van der Waals surface area contributed by atoms with Gasteiger partial charge >= 0.3 is 11.9 Å². The van der Waals surface area contributed by atoms with Gasteiger partial charge in [-0.05, 0) is 67.7 Å². The van der Waals surface area contributed by atoms with Crippen LogP contribution in [0.3, 0.4) is 0 Å². The summed E-state index contributed by atoms with van der Waals surface area (Å²) in [7, 11) is 4.14. The van der Waals surface area contributed by atoms with Gasteiger partial charge in [0.05, 0.1) is 18.7 Å². The summed E-state index contributed by atoms with van der Waals surface area (Å²) in [5.74, 6) is -9.26. The number of ketones is 2. The highest BCUT2D eigenvalue weighted by Gasteiger charge is 2.64. The van der Waals surface area contributed by atoms with Crippen molar-refractivity contribution in [3.05, 3.63) is 64.4 Å². The van der Waals surface area contributed by atoms with Gasteiger partial charge in [-0.15, -0.1) is 0 Å². The minimum absolute atomic E-state index is 0.0423. The molecule has 3 aliphatic rings. The van der Waals surface area contributed by atoms with E-state index in [1.54, 1.807) is 30.3 Å². The van der Waals surface area contributed by atoms with Crippen molar-refractivity contribution in [2.75, 3.05) is 26.5 Å². The monoisotopic (exact) mass is 591 g/mol. The number of Topliss-reactive ketones (excluding diaryl/α,β-unsaturated/α-hetero) is 2. The van der Waals surface area contributed by atoms with E-state index in [0.717, 1.165) is 7.11 Å². The molecule has 5 rings (SSSR count). The molecule has 7 N–H and O–H groups in total. The van der Waals surface area contributed by atoms with E-state index in [-0.39, 0.29) is 29.7 Å². The first-order valence-electron chi connectivity index (χ1n) is 13.2. The van der Waals surface area contributed by atoms with Gasteiger partial charge in [0.15, 0.2) is 11.4 Å². The van der Waals surface area contributed by atoms with E-state index in [9.17, 15) is 44.4 Å². The Morgan fingerprint density at radius 1 is 1.05 bits per heavy atom. The van der Waals surface area contributed by atoms with Crippen LogP contribution in [0.15, 0.2) is 53.3 Å². The fraction of sp³-hybridized carbons (Fsp3) is 0.300. The van der Waals surface area contributed by atoms with Gasteiger partial charge < -0.3 is 36.2 Å². The minimum atomic E-state index is -2.72. The number of fused-ring (bicyclic) bond motifs is 3. The molecule has 224 valence electrons. The van der Waals surface area contributed by atoms with Gasteiger partial charge in [0.1, 0.15) is 22.8 Å². The third kappa shape index (κ3) is 4.35. The number of likely N-dealkylation sites (N-methyl/N-ethyl adjacent to an activating group) is 1. The van der Waals surface area contributed by atoms with Crippen molar-refractivity contribution in [2.24, 2.45) is 17.6 Å². The van der Waals surface area contributed by atoms with Crippen molar-refractivity contribution < 1.29 is 49.1 Å². The zero-order chi connectivity index (χ0) is 31.5. The number of carbonyl (C=O) groups excluding carboxylic acids is 5. The number of nitrogens with two attached hydrogens (primary N) is 1. The Morgan fingerprint density at radius 3 is 2.28 bits per heavy atom. The highest BCUT2D eigenvalue weighted by molar-refractivity contribution is 6.37. The minimum Gasteiger partial charge on any atom is -0.508 e. The molecule has 2 aromatic rings. The molecule has 2 aromatic carbocycles. The van der Waals surface area contributed by atoms with Crippen molar-refractivity contribution in [2.45, 2.75) is 24.5 Å². The van der Waals surface area contributed by atoms with Crippen LogP contribution in [0, 0.1) is 11.8 Å². The number of aliphatic hydroxyl groups is 3. The third-order valence-electron chi connectivity index (χ3n) is 8.43. The molecule has 0 bridgehead atoms. The summed E-state index contributed by atoms with van der Waals surface area (Å²) in [6.45, 7) is 0. The van der Waals surface area contributed by atoms with Crippen LogP contribution in [0.1, 0.15) is 17.5 Å². The molecule has 0 unspecified atom stereocenters. The molecule has 1 fully saturated rings. The van der Waals surface area contributed by atoms with Crippen LogP contribution < -0.4 is 11.1 Å². The number of amides is 2. The predicted molar refractivity (Wildman–Crippen MR) is 150 cm³/mol. The number of phenols is 1. The summed E-state index contributed by atoms with van der Waals surface area (Å²) < 4.78 is 4.40. The number of carbonyl (C=O) groups is 5. The first kappa shape index (κ1) is 29.5. The number of esters is 1. The summed E-state index contributed by atoms with van der Waals surface area (Å²) in [6.07, 6.45) is 0.0679. The average Bonchev–Trinajstić information content (AvgIpc) is 2.94. The standard InChI is InChI=1S/C30H29N3O10/c1-33(2)22-17-11-13-10-16-15(12-4-6-14(7-5-12)32-28(40)29(41)43-3)8-9-18(34)20(16)23(35)19(13)25(37)30(17,42)26(38)21(24(22)36)27(31)39/h4-9,13,17,22,34-35,38,42H,10-11H2,1-3H3,(H2,31,39)(H,32,40)/t13-,17-,22-,30-/m1/s1. The summed E-state index contributed by atoms with van der Waals surface area (Å²) >= 11 is 0. The molecule has 3 aliphatic carbocycles. The highest BCUT2D eigenvalue weighted by Crippen LogP contribution is 2.53. The van der Waals surface area contributed by atoms with Gasteiger partial charge in [-0.1, -0.05) is 18.2 Å². The number of hydrogen-bond donors (Lipinski definition) is 6. The Balaban J connectivity index is 1.62. The first-order chi connectivity index (χ1) is 20.2. The van der Waals surface area contributed by atoms with E-state index in [1.807, 2.05) is 0 Å². The quantitative estimate of drug-likeness (QED) is 0.166. The van der Waals surface area contributed by atoms with Crippen LogP contribution in [0.2, 0.25) is 0 Å². The molecule has 4 atom stereocenters. The second-order valence-corrected chi connectivity index (χ2v) is 11.0. The van der Waals surface area contributed by atoms with E-state index in [4.69, 9.17) is 5.73 Å². The van der Waals surface area contributed by atoms with Gasteiger partial charge in [0, 0.05) is 17.2 Å². The Labute approximate surface area is 244 Å². The van der Waals surface area contributed by atoms with Crippen molar-refractivity contribution in [1.29, 1.82) is 0 Å². The van der Waals surface area contributed by atoms with Crippen LogP contribution >= 0.6 is 0 Å². The number of aromatic hydroxyl groups is 1. The number of nitrogens with one attached hydrogen (secondary N) is 1. The van der Waals surface area contributed by atoms with Gasteiger partial charge in [0.2, 0.25) is 5.78 Å². The van der Waals surface area contributed by atoms with Crippen LogP contribution in [0.25, 0.3) is 16.9 Å². The van der Waals surface area contributed by atoms with E-state index < -0.39 is 69.9 Å². The van der Waals surface area contributed by atoms with Gasteiger partial charge in [-0.2, -0.15) is 0 Å². The molecular weight excluding hydrogens is 562 g/mol. The molecular formula is C30H29N3O10. The maximum Gasteiger partial charge on any atom is 0.396 e. The number of rotatable bonds is 4. The van der Waals surface area contributed by atoms with Crippen molar-refractivity contribution >= 4 is 40.8 Å². The molecule has 13 nitrogen and oxygen atoms in total. The molecule has 43 heavy (non-hydrogen) atoms. The number of methoxy groups -OCH3 is 1. The third-order valence-corrected chi connectivity index (χ3v) is 8.43. The van der Waals surface area contributed by atoms with E-state index in [1.165, 1.54) is 25.1 Å². The molecule has 0 aliphatic heterocycles. The molecule has 13 heteroatoms. The number of ether oxygens (including phenoxy) is 1. The van der Waals surface area contributed by atoms with Gasteiger partial charge in [0.25, 0.3) is 5.91 Å². The summed E-state index contributed by atoms with van der Waals surface area (Å²) in [6, 6.07) is 8.15. The highest BCUT2D eigenvalue weighted by atomic mass is 16.5. The molecule has 0 radical (unpaired) electrons. The Morgan fingerprint density at radius 2 is 1.70 bits per heavy atom. The summed E-state index contributed by atoms with van der Waals surface area (Å²) in [5, 5.41) is 47.3. The molecule has 0 saturated heterocycles. The Kier molecular flexibility index (Phi) is 7.11. The smallest absolute Gasteiger partial charge is 0.396 e. The number of primary amides is 1. The normalized spacial score (nSPS) is 24.7. The molecule has 0 aromatic heterocycles. The van der Waals surface area contributed by atoms with Crippen LogP contribution in [-0.2, 0) is 35.1 Å². The lowest BCUT2D eigenvalue weighted by Gasteiger charge is -2.50. The molecule has 0 spiro atoms. The second kappa shape index (κ2) is 10.4. The number of phenolic OH excluding ortho intramolecular Hbond substituents is 1. The summed E-state index contributed by atoms with van der Waals surface area (Å²) in [5.41, 5.74) is 3.46. The van der Waals surface area contributed by atoms with Crippen LogP contribution in [0.5, 0.6) is 5.75 Å². The largest absolute Gasteiger partial charge is 0.508 e. The average molecular weight is 592 g/mol. The van der Waals surface area contributed by atoms with Crippen LogP contribution in [0.4, 0.5) is 5.69 Å². The number of anilines is 1. The van der Waals surface area contributed by atoms with E-state index >= 15 is 0 Å². The predicted octanol–water partition coefficient (Wildman–Crippen LogP) is 0.743. The zero-order valence-electron chi connectivity index (χ0n) is 23.4. The zero-order valence-corrected chi connectivity index (χ0v) is 23.4. The van der Waals surface area contributed by atoms with Gasteiger partial charge in [-0.25, -0.2) is 4.79 Å². The van der Waals surface area contributed by atoms with Crippen molar-refractivity contribution in [3.8, 4) is 16.9 Å². The SMILES string of the molecule is COC(=O)C(=O)Nc1ccc(-c2ccc(O)c3c2C[C@@H]2C[C@@H]4[C@@H](N(C)C)C(=O)C(C(N)=O)=C(O)[C@]4(O)C(=O)C2=C3O)cc1. The fourth-order valence-electron chi connectivity index (χ4n) is 6.52. The van der Waals surface area contributed by atoms with E-state index in [0.29, 0.717) is 22.4 Å². The fourth-order valence-corrected chi connectivity index (χ4v) is 6.52. The van der Waals surface area contributed by atoms with Crippen molar-refractivity contribution in [1.82, 2.24) is 4.90 Å². The Hall–Kier alpha value is -5.01. The topological polar surface area (TPSA) is 217 Å². The number of aliphatic hydroxyl groups excluding tert-OH is 2. The lowest BCUT2D eigenvalue weighted by atomic mass is 9.57. The molecule has 1 saturated carbocycles. The summed E-state index contributed by atoms with van der Waals surface area (Å²) in [4.78, 5) is 64.0. The first-order valence-corrected chi connectivity index (χ1v) is 13.2. The maximum absolute atomic E-state index is 14.0.